The molecule has 1 heterocycles. The average Bonchev–Trinajstić information content (AvgIpc) is 3.41. The molecule has 0 aliphatic heterocycles. The van der Waals surface area contributed by atoms with Crippen LogP contribution < -0.4 is 15.4 Å². The Morgan fingerprint density at radius 2 is 2.11 bits per heavy atom. The van der Waals surface area contributed by atoms with Gasteiger partial charge >= 0.3 is 6.03 Å². The Bertz CT molecular complexity index is 997. The van der Waals surface area contributed by atoms with Crippen molar-refractivity contribution in [2.45, 2.75) is 31.7 Å². The molecule has 3 aromatic rings. The molecule has 140 valence electrons. The molecule has 4 rings (SSSR count). The third-order valence-corrected chi connectivity index (χ3v) is 4.61. The number of ether oxygens (including phenoxy) is 1. The number of hydrogen-bond acceptors (Lipinski definition) is 4. The van der Waals surface area contributed by atoms with Gasteiger partial charge in [0, 0.05) is 11.6 Å². The lowest BCUT2D eigenvalue weighted by Gasteiger charge is -2.16. The summed E-state index contributed by atoms with van der Waals surface area (Å²) in [6.07, 6.45) is 2.23. The highest BCUT2D eigenvalue weighted by atomic mass is 19.1. The van der Waals surface area contributed by atoms with E-state index in [4.69, 9.17) is 9.15 Å². The number of benzene rings is 2. The van der Waals surface area contributed by atoms with Crippen LogP contribution in [0, 0.1) is 5.82 Å². The van der Waals surface area contributed by atoms with Gasteiger partial charge in [-0.05, 0) is 55.7 Å². The number of methoxy groups -OCH3 is 1. The monoisotopic (exact) mass is 369 g/mol. The summed E-state index contributed by atoms with van der Waals surface area (Å²) < 4.78 is 24.5. The third-order valence-electron chi connectivity index (χ3n) is 4.61. The molecule has 1 atom stereocenters. The van der Waals surface area contributed by atoms with E-state index in [0.717, 1.165) is 24.2 Å². The fraction of sp³-hybridized carbons (Fsp3) is 0.300. The van der Waals surface area contributed by atoms with Crippen LogP contribution in [0.25, 0.3) is 11.1 Å². The van der Waals surface area contributed by atoms with Gasteiger partial charge in [-0.3, -0.25) is 0 Å². The molecule has 7 heteroatoms. The number of aromatic nitrogens is 1. The smallest absolute Gasteiger partial charge is 0.319 e. The minimum absolute atomic E-state index is 0.168. The number of hydrogen-bond donors (Lipinski definition) is 2. The van der Waals surface area contributed by atoms with Crippen LogP contribution in [0.2, 0.25) is 0 Å². The van der Waals surface area contributed by atoms with Gasteiger partial charge in [-0.15, -0.1) is 0 Å². The molecule has 27 heavy (non-hydrogen) atoms. The third kappa shape index (κ3) is 3.72. The van der Waals surface area contributed by atoms with Gasteiger partial charge in [-0.1, -0.05) is 6.07 Å². The second kappa shape index (κ2) is 6.90. The van der Waals surface area contributed by atoms with Crippen LogP contribution in [-0.2, 0) is 0 Å². The summed E-state index contributed by atoms with van der Waals surface area (Å²) in [5.74, 6) is 0.901. The highest BCUT2D eigenvalue weighted by molar-refractivity contribution is 5.91. The molecular weight excluding hydrogens is 349 g/mol. The first kappa shape index (κ1) is 17.3. The minimum Gasteiger partial charge on any atom is -0.494 e. The van der Waals surface area contributed by atoms with E-state index in [9.17, 15) is 9.18 Å². The van der Waals surface area contributed by atoms with Crippen LogP contribution in [0.15, 0.2) is 40.8 Å². The van der Waals surface area contributed by atoms with Gasteiger partial charge in [0.1, 0.15) is 5.52 Å². The Morgan fingerprint density at radius 1 is 1.30 bits per heavy atom. The van der Waals surface area contributed by atoms with Crippen LogP contribution in [0.3, 0.4) is 0 Å². The van der Waals surface area contributed by atoms with Crippen molar-refractivity contribution in [1.82, 2.24) is 10.3 Å². The van der Waals surface area contributed by atoms with Crippen molar-refractivity contribution < 1.29 is 18.3 Å². The Balaban J connectivity index is 1.42. The van der Waals surface area contributed by atoms with Gasteiger partial charge in [0.25, 0.3) is 0 Å². The minimum atomic E-state index is -0.466. The van der Waals surface area contributed by atoms with Gasteiger partial charge in [0.2, 0.25) is 0 Å². The largest absolute Gasteiger partial charge is 0.494 e. The first-order chi connectivity index (χ1) is 13.0. The molecule has 1 unspecified atom stereocenters. The van der Waals surface area contributed by atoms with Crippen molar-refractivity contribution in [2.24, 2.45) is 0 Å². The van der Waals surface area contributed by atoms with Crippen LogP contribution in [0.4, 0.5) is 14.9 Å². The molecule has 1 aromatic heterocycles. The van der Waals surface area contributed by atoms with Gasteiger partial charge in [-0.25, -0.2) is 14.2 Å². The van der Waals surface area contributed by atoms with Crippen LogP contribution in [0.5, 0.6) is 5.75 Å². The summed E-state index contributed by atoms with van der Waals surface area (Å²) in [5.41, 5.74) is 2.69. The van der Waals surface area contributed by atoms with Crippen molar-refractivity contribution >= 4 is 22.8 Å². The maximum atomic E-state index is 13.8. The van der Waals surface area contributed by atoms with E-state index < -0.39 is 5.82 Å². The van der Waals surface area contributed by atoms with Crippen molar-refractivity contribution in [3.05, 3.63) is 53.7 Å². The predicted octanol–water partition coefficient (Wildman–Crippen LogP) is 4.74. The maximum absolute atomic E-state index is 13.8. The summed E-state index contributed by atoms with van der Waals surface area (Å²) >= 11 is 0. The second-order valence-electron chi connectivity index (χ2n) is 6.72. The number of amides is 2. The van der Waals surface area contributed by atoms with E-state index in [0.29, 0.717) is 22.8 Å². The number of rotatable bonds is 5. The number of oxazole rings is 1. The predicted molar refractivity (Wildman–Crippen MR) is 99.5 cm³/mol. The summed E-state index contributed by atoms with van der Waals surface area (Å²) in [4.78, 5) is 16.8. The molecule has 2 amide bonds. The van der Waals surface area contributed by atoms with Gasteiger partial charge in [-0.2, -0.15) is 0 Å². The molecular formula is C20H20FN3O3. The zero-order valence-electron chi connectivity index (χ0n) is 15.1. The highest BCUT2D eigenvalue weighted by Gasteiger charge is 2.28. The molecule has 0 spiro atoms. The van der Waals surface area contributed by atoms with Crippen molar-refractivity contribution in [2.75, 3.05) is 12.4 Å². The fourth-order valence-corrected chi connectivity index (χ4v) is 2.93. The Labute approximate surface area is 155 Å². The van der Waals surface area contributed by atoms with E-state index in [1.165, 1.54) is 19.2 Å². The molecule has 1 saturated carbocycles. The summed E-state index contributed by atoms with van der Waals surface area (Å²) in [6.45, 7) is 1.78. The maximum Gasteiger partial charge on any atom is 0.319 e. The van der Waals surface area contributed by atoms with E-state index in [1.807, 2.05) is 0 Å². The molecule has 0 saturated heterocycles. The van der Waals surface area contributed by atoms with E-state index in [1.54, 1.807) is 31.2 Å². The number of carbonyl (C=O) groups excluding carboxylic acids is 1. The van der Waals surface area contributed by atoms with E-state index in [-0.39, 0.29) is 17.8 Å². The fourth-order valence-electron chi connectivity index (χ4n) is 2.93. The lowest BCUT2D eigenvalue weighted by atomic mass is 10.1. The summed E-state index contributed by atoms with van der Waals surface area (Å²) in [6, 6.07) is 9.19. The molecule has 2 aromatic carbocycles. The van der Waals surface area contributed by atoms with Crippen molar-refractivity contribution in [3.63, 3.8) is 0 Å². The lowest BCUT2D eigenvalue weighted by molar-refractivity contribution is 0.249. The van der Waals surface area contributed by atoms with E-state index >= 15 is 0 Å². The summed E-state index contributed by atoms with van der Waals surface area (Å²) in [7, 11) is 1.41. The van der Waals surface area contributed by atoms with E-state index in [2.05, 4.69) is 15.6 Å². The van der Waals surface area contributed by atoms with Gasteiger partial charge in [0.15, 0.2) is 23.0 Å². The number of nitrogens with zero attached hydrogens (tertiary/aromatic N) is 1. The molecule has 0 radical (unpaired) electrons. The Kier molecular flexibility index (Phi) is 4.43. The summed E-state index contributed by atoms with van der Waals surface area (Å²) in [5, 5.41) is 5.57. The van der Waals surface area contributed by atoms with Crippen molar-refractivity contribution in [3.8, 4) is 5.75 Å². The average molecular weight is 369 g/mol. The van der Waals surface area contributed by atoms with Gasteiger partial charge < -0.3 is 19.8 Å². The first-order valence-corrected chi connectivity index (χ1v) is 8.85. The number of halogens is 1. The molecule has 0 bridgehead atoms. The number of nitrogens with one attached hydrogen (secondary N) is 2. The van der Waals surface area contributed by atoms with Crippen LogP contribution in [-0.4, -0.2) is 18.1 Å². The molecule has 1 aliphatic carbocycles. The lowest BCUT2D eigenvalue weighted by Crippen LogP contribution is -2.31. The van der Waals surface area contributed by atoms with Crippen molar-refractivity contribution in [1.29, 1.82) is 0 Å². The number of anilines is 1. The SMILES string of the molecule is COc1ccc(C(C)NC(=O)Nc2ccc3oc(C4CC4)nc3c2)cc1F. The molecule has 1 aliphatic rings. The Hall–Kier alpha value is -3.09. The van der Waals surface area contributed by atoms with Crippen LogP contribution >= 0.6 is 0 Å². The standard InChI is InChI=1S/C20H20FN3O3/c1-11(13-5-7-17(26-2)15(21)9-13)22-20(25)23-14-6-8-18-16(10-14)24-19(27-18)12-3-4-12/h5-12H,3-4H2,1-2H3,(H2,22,23,25). The number of carbonyl (C=O) groups is 1. The second-order valence-corrected chi connectivity index (χ2v) is 6.72. The number of urea groups is 1. The zero-order valence-corrected chi connectivity index (χ0v) is 15.1. The van der Waals surface area contributed by atoms with Gasteiger partial charge in [0.05, 0.1) is 13.2 Å². The molecule has 2 N–H and O–H groups in total. The molecule has 1 fully saturated rings. The zero-order chi connectivity index (χ0) is 19.0. The quantitative estimate of drug-likeness (QED) is 0.681. The Morgan fingerprint density at radius 3 is 2.81 bits per heavy atom. The van der Waals surface area contributed by atoms with Crippen LogP contribution in [0.1, 0.15) is 43.2 Å². The molecule has 6 nitrogen and oxygen atoms in total. The first-order valence-electron chi connectivity index (χ1n) is 8.85. The highest BCUT2D eigenvalue weighted by Crippen LogP contribution is 2.40. The topological polar surface area (TPSA) is 76.4 Å². The normalized spacial score (nSPS) is 14.8. The number of fused-ring (bicyclic) bond motifs is 1.